The van der Waals surface area contributed by atoms with Gasteiger partial charge in [-0.2, -0.15) is 0 Å². The zero-order valence-electron chi connectivity index (χ0n) is 11.1. The lowest BCUT2D eigenvalue weighted by Gasteiger charge is -2.30. The molecule has 0 unspecified atom stereocenters. The molecule has 0 saturated carbocycles. The van der Waals surface area contributed by atoms with Gasteiger partial charge in [-0.05, 0) is 23.8 Å². The first kappa shape index (κ1) is 13.1. The van der Waals surface area contributed by atoms with Gasteiger partial charge < -0.3 is 10.2 Å². The van der Waals surface area contributed by atoms with E-state index in [1.54, 1.807) is 24.3 Å². The Morgan fingerprint density at radius 1 is 0.950 bits per heavy atom. The summed E-state index contributed by atoms with van der Waals surface area (Å²) in [6.45, 7) is 3.26. The quantitative estimate of drug-likeness (QED) is 0.905. The molecule has 20 heavy (non-hydrogen) atoms. The van der Waals surface area contributed by atoms with Crippen LogP contribution >= 0.6 is 0 Å². The molecule has 1 N–H and O–H groups in total. The van der Waals surface area contributed by atoms with Crippen molar-refractivity contribution in [2.45, 2.75) is 0 Å². The van der Waals surface area contributed by atoms with Crippen molar-refractivity contribution in [2.24, 2.45) is 0 Å². The average molecular weight is 274 g/mol. The number of anilines is 1. The Balaban J connectivity index is 2.00. The first-order valence-corrected chi connectivity index (χ1v) is 6.76. The zero-order valence-corrected chi connectivity index (χ0v) is 11.1. The molecule has 2 aromatic carbocycles. The maximum absolute atomic E-state index is 14.7. The molecule has 1 aliphatic rings. The molecule has 0 atom stereocenters. The van der Waals surface area contributed by atoms with Crippen molar-refractivity contribution in [3.8, 4) is 11.1 Å². The van der Waals surface area contributed by atoms with Gasteiger partial charge in [-0.3, -0.25) is 0 Å². The number of benzene rings is 2. The normalized spacial score (nSPS) is 15.4. The van der Waals surface area contributed by atoms with E-state index in [-0.39, 0.29) is 11.6 Å². The van der Waals surface area contributed by atoms with Crippen molar-refractivity contribution in [3.05, 3.63) is 54.1 Å². The van der Waals surface area contributed by atoms with Crippen LogP contribution in [0.4, 0.5) is 14.5 Å². The third-order valence-electron chi connectivity index (χ3n) is 3.57. The Kier molecular flexibility index (Phi) is 3.65. The maximum atomic E-state index is 14.7. The van der Waals surface area contributed by atoms with E-state index >= 15 is 0 Å². The van der Waals surface area contributed by atoms with Crippen LogP contribution in [0.3, 0.4) is 0 Å². The van der Waals surface area contributed by atoms with Crippen LogP contribution in [0.5, 0.6) is 0 Å². The van der Waals surface area contributed by atoms with Gasteiger partial charge in [-0.25, -0.2) is 8.78 Å². The number of nitrogens with zero attached hydrogens (tertiary/aromatic N) is 1. The summed E-state index contributed by atoms with van der Waals surface area (Å²) in [5.41, 5.74) is 1.60. The molecule has 2 nitrogen and oxygen atoms in total. The van der Waals surface area contributed by atoms with Crippen molar-refractivity contribution < 1.29 is 8.78 Å². The third-order valence-corrected chi connectivity index (χ3v) is 3.57. The summed E-state index contributed by atoms with van der Waals surface area (Å²) < 4.78 is 28.0. The Morgan fingerprint density at radius 3 is 2.45 bits per heavy atom. The number of piperazine rings is 1. The van der Waals surface area contributed by atoms with E-state index in [2.05, 4.69) is 5.32 Å². The molecule has 2 aromatic rings. The van der Waals surface area contributed by atoms with Gasteiger partial charge in [0.05, 0.1) is 5.69 Å². The molecular formula is C16H16F2N2. The number of hydrogen-bond acceptors (Lipinski definition) is 2. The predicted octanol–water partition coefficient (Wildman–Crippen LogP) is 3.04. The minimum absolute atomic E-state index is 0.278. The SMILES string of the molecule is Fc1cccc(-c2cccc(N3CCNCC3)c2F)c1. The van der Waals surface area contributed by atoms with Crippen molar-refractivity contribution >= 4 is 5.69 Å². The van der Waals surface area contributed by atoms with E-state index in [1.807, 2.05) is 11.0 Å². The molecule has 1 aliphatic heterocycles. The van der Waals surface area contributed by atoms with Crippen LogP contribution < -0.4 is 10.2 Å². The first-order valence-electron chi connectivity index (χ1n) is 6.76. The molecule has 0 bridgehead atoms. The maximum Gasteiger partial charge on any atom is 0.154 e. The summed E-state index contributed by atoms with van der Waals surface area (Å²) in [7, 11) is 0. The first-order chi connectivity index (χ1) is 9.75. The molecule has 0 aromatic heterocycles. The molecule has 0 aliphatic carbocycles. The minimum Gasteiger partial charge on any atom is -0.367 e. The number of nitrogens with one attached hydrogen (secondary N) is 1. The van der Waals surface area contributed by atoms with E-state index in [1.165, 1.54) is 12.1 Å². The van der Waals surface area contributed by atoms with Gasteiger partial charge in [0.15, 0.2) is 5.82 Å². The van der Waals surface area contributed by atoms with Gasteiger partial charge in [0.25, 0.3) is 0 Å². The lowest BCUT2D eigenvalue weighted by Crippen LogP contribution is -2.43. The topological polar surface area (TPSA) is 15.3 Å². The standard InChI is InChI=1S/C16H16F2N2/c17-13-4-1-3-12(11-13)14-5-2-6-15(16(14)18)20-9-7-19-8-10-20/h1-6,11,19H,7-10H2. The fourth-order valence-corrected chi connectivity index (χ4v) is 2.55. The number of hydrogen-bond donors (Lipinski definition) is 1. The highest BCUT2D eigenvalue weighted by Crippen LogP contribution is 2.30. The Morgan fingerprint density at radius 2 is 1.70 bits per heavy atom. The molecule has 104 valence electrons. The highest BCUT2D eigenvalue weighted by molar-refractivity contribution is 5.70. The van der Waals surface area contributed by atoms with Gasteiger partial charge in [0.2, 0.25) is 0 Å². The highest BCUT2D eigenvalue weighted by Gasteiger charge is 2.17. The van der Waals surface area contributed by atoms with Crippen LogP contribution in [0, 0.1) is 11.6 Å². The molecular weight excluding hydrogens is 258 g/mol. The van der Waals surface area contributed by atoms with Gasteiger partial charge in [-0.1, -0.05) is 24.3 Å². The minimum atomic E-state index is -0.352. The number of rotatable bonds is 2. The molecule has 0 spiro atoms. The Bertz CT molecular complexity index is 607. The summed E-state index contributed by atoms with van der Waals surface area (Å²) in [4.78, 5) is 2.02. The van der Waals surface area contributed by atoms with E-state index < -0.39 is 0 Å². The summed E-state index contributed by atoms with van der Waals surface area (Å²) in [6.07, 6.45) is 0. The van der Waals surface area contributed by atoms with Crippen LogP contribution in [0.15, 0.2) is 42.5 Å². The van der Waals surface area contributed by atoms with E-state index in [9.17, 15) is 8.78 Å². The van der Waals surface area contributed by atoms with Crippen LogP contribution in [0.1, 0.15) is 0 Å². The summed E-state index contributed by atoms with van der Waals surface area (Å²) >= 11 is 0. The molecule has 1 fully saturated rings. The molecule has 4 heteroatoms. The van der Waals surface area contributed by atoms with E-state index in [0.717, 1.165) is 26.2 Å². The third kappa shape index (κ3) is 2.51. The molecule has 0 radical (unpaired) electrons. The average Bonchev–Trinajstić information content (AvgIpc) is 2.48. The lowest BCUT2D eigenvalue weighted by atomic mass is 10.0. The van der Waals surface area contributed by atoms with Gasteiger partial charge in [0, 0.05) is 31.7 Å². The second kappa shape index (κ2) is 5.59. The molecule has 0 amide bonds. The van der Waals surface area contributed by atoms with Crippen molar-refractivity contribution in [2.75, 3.05) is 31.1 Å². The Labute approximate surface area is 117 Å². The van der Waals surface area contributed by atoms with Crippen LogP contribution in [-0.4, -0.2) is 26.2 Å². The van der Waals surface area contributed by atoms with Crippen molar-refractivity contribution in [1.29, 1.82) is 0 Å². The number of halogens is 2. The molecule has 1 heterocycles. The Hall–Kier alpha value is -1.94. The molecule has 1 saturated heterocycles. The second-order valence-electron chi connectivity index (χ2n) is 4.89. The second-order valence-corrected chi connectivity index (χ2v) is 4.89. The zero-order chi connectivity index (χ0) is 13.9. The summed E-state index contributed by atoms with van der Waals surface area (Å²) in [6, 6.07) is 11.3. The van der Waals surface area contributed by atoms with Gasteiger partial charge >= 0.3 is 0 Å². The van der Waals surface area contributed by atoms with Crippen molar-refractivity contribution in [1.82, 2.24) is 5.32 Å². The van der Waals surface area contributed by atoms with Crippen LogP contribution in [-0.2, 0) is 0 Å². The summed E-state index contributed by atoms with van der Waals surface area (Å²) in [5.74, 6) is -0.630. The van der Waals surface area contributed by atoms with Gasteiger partial charge in [-0.15, -0.1) is 0 Å². The fourth-order valence-electron chi connectivity index (χ4n) is 2.55. The fraction of sp³-hybridized carbons (Fsp3) is 0.250. The monoisotopic (exact) mass is 274 g/mol. The van der Waals surface area contributed by atoms with Crippen molar-refractivity contribution in [3.63, 3.8) is 0 Å². The van der Waals surface area contributed by atoms with Crippen LogP contribution in [0.2, 0.25) is 0 Å². The van der Waals surface area contributed by atoms with E-state index in [4.69, 9.17) is 0 Å². The van der Waals surface area contributed by atoms with Crippen LogP contribution in [0.25, 0.3) is 11.1 Å². The largest absolute Gasteiger partial charge is 0.367 e. The molecule has 3 rings (SSSR count). The highest BCUT2D eigenvalue weighted by atomic mass is 19.1. The predicted molar refractivity (Wildman–Crippen MR) is 76.9 cm³/mol. The lowest BCUT2D eigenvalue weighted by molar-refractivity contribution is 0.567. The van der Waals surface area contributed by atoms with Gasteiger partial charge in [0.1, 0.15) is 5.82 Å². The summed E-state index contributed by atoms with van der Waals surface area (Å²) in [5, 5.41) is 3.24. The smallest absolute Gasteiger partial charge is 0.154 e. The van der Waals surface area contributed by atoms with E-state index in [0.29, 0.717) is 16.8 Å².